The molecule has 142 valence electrons. The highest BCUT2D eigenvalue weighted by Gasteiger charge is 2.14. The van der Waals surface area contributed by atoms with Crippen molar-refractivity contribution in [2.24, 2.45) is 10.9 Å². The third-order valence-corrected chi connectivity index (χ3v) is 4.01. The largest absolute Gasteiger partial charge is 0.381 e. The fourth-order valence-corrected chi connectivity index (χ4v) is 2.59. The Kier molecular flexibility index (Phi) is 11.1. The molecule has 5 nitrogen and oxygen atoms in total. The molecule has 1 aromatic carbocycles. The number of aliphatic imine (C=N–C) groups is 1. The van der Waals surface area contributed by atoms with Gasteiger partial charge < -0.3 is 20.1 Å². The summed E-state index contributed by atoms with van der Waals surface area (Å²) in [5.41, 5.74) is 2.45. The molecule has 0 bridgehead atoms. The van der Waals surface area contributed by atoms with E-state index in [-0.39, 0.29) is 24.0 Å². The summed E-state index contributed by atoms with van der Waals surface area (Å²) in [5.74, 6) is 1.43. The standard InChI is InChI=1S/C19H31N3O2.HI/c1-15(2)12-21-19(20-3)22-13-16-5-4-6-17(11-16)14-24-18-7-9-23-10-8-18;/h4-6,11,15,18H,7-10,12-14H2,1-3H3,(H2,20,21,22);1H. The van der Waals surface area contributed by atoms with Crippen molar-refractivity contribution in [3.63, 3.8) is 0 Å². The lowest BCUT2D eigenvalue weighted by atomic mass is 10.1. The van der Waals surface area contributed by atoms with Crippen LogP contribution in [0.4, 0.5) is 0 Å². The Morgan fingerprint density at radius 2 is 1.96 bits per heavy atom. The minimum absolute atomic E-state index is 0. The zero-order valence-corrected chi connectivity index (χ0v) is 17.9. The number of hydrogen-bond acceptors (Lipinski definition) is 3. The van der Waals surface area contributed by atoms with Crippen LogP contribution in [0.15, 0.2) is 29.3 Å². The van der Waals surface area contributed by atoms with Crippen molar-refractivity contribution in [2.45, 2.75) is 45.9 Å². The predicted octanol–water partition coefficient (Wildman–Crippen LogP) is 3.32. The van der Waals surface area contributed by atoms with Crippen molar-refractivity contribution in [1.82, 2.24) is 10.6 Å². The summed E-state index contributed by atoms with van der Waals surface area (Å²) >= 11 is 0. The number of halogens is 1. The van der Waals surface area contributed by atoms with Crippen LogP contribution in [0, 0.1) is 5.92 Å². The highest BCUT2D eigenvalue weighted by molar-refractivity contribution is 14.0. The van der Waals surface area contributed by atoms with Gasteiger partial charge in [0.1, 0.15) is 0 Å². The van der Waals surface area contributed by atoms with Gasteiger partial charge in [0.2, 0.25) is 0 Å². The molecule has 0 atom stereocenters. The Bertz CT molecular complexity index is 517. The maximum atomic E-state index is 6.00. The average Bonchev–Trinajstić information content (AvgIpc) is 2.61. The Hall–Kier alpha value is -0.860. The fourth-order valence-electron chi connectivity index (χ4n) is 2.59. The molecule has 1 aliphatic heterocycles. The molecule has 2 N–H and O–H groups in total. The zero-order chi connectivity index (χ0) is 17.2. The van der Waals surface area contributed by atoms with E-state index in [0.717, 1.165) is 45.1 Å². The highest BCUT2D eigenvalue weighted by atomic mass is 127. The van der Waals surface area contributed by atoms with Gasteiger partial charge in [-0.1, -0.05) is 38.1 Å². The minimum Gasteiger partial charge on any atom is -0.381 e. The Labute approximate surface area is 169 Å². The van der Waals surface area contributed by atoms with Crippen molar-refractivity contribution >= 4 is 29.9 Å². The normalized spacial score (nSPS) is 15.8. The van der Waals surface area contributed by atoms with Crippen molar-refractivity contribution in [3.8, 4) is 0 Å². The van der Waals surface area contributed by atoms with Crippen molar-refractivity contribution in [2.75, 3.05) is 26.8 Å². The van der Waals surface area contributed by atoms with Crippen LogP contribution >= 0.6 is 24.0 Å². The van der Waals surface area contributed by atoms with Gasteiger partial charge in [-0.25, -0.2) is 0 Å². The van der Waals surface area contributed by atoms with Gasteiger partial charge in [0.25, 0.3) is 0 Å². The number of ether oxygens (including phenoxy) is 2. The van der Waals surface area contributed by atoms with E-state index in [9.17, 15) is 0 Å². The zero-order valence-electron chi connectivity index (χ0n) is 15.6. The van der Waals surface area contributed by atoms with Crippen molar-refractivity contribution < 1.29 is 9.47 Å². The van der Waals surface area contributed by atoms with E-state index in [2.05, 4.69) is 53.7 Å². The van der Waals surface area contributed by atoms with Crippen LogP contribution in [-0.2, 0) is 22.6 Å². The maximum absolute atomic E-state index is 6.00. The number of nitrogens with zero attached hydrogens (tertiary/aromatic N) is 1. The van der Waals surface area contributed by atoms with Gasteiger partial charge in [-0.2, -0.15) is 0 Å². The minimum atomic E-state index is 0. The summed E-state index contributed by atoms with van der Waals surface area (Å²) in [5, 5.41) is 6.68. The van der Waals surface area contributed by atoms with Crippen LogP contribution in [0.3, 0.4) is 0 Å². The van der Waals surface area contributed by atoms with E-state index in [1.807, 2.05) is 0 Å². The molecule has 2 rings (SSSR count). The van der Waals surface area contributed by atoms with Gasteiger partial charge in [0.15, 0.2) is 5.96 Å². The lowest BCUT2D eigenvalue weighted by Gasteiger charge is -2.22. The van der Waals surface area contributed by atoms with Gasteiger partial charge in [-0.3, -0.25) is 4.99 Å². The molecule has 0 aromatic heterocycles. The first-order valence-corrected chi connectivity index (χ1v) is 8.89. The second kappa shape index (κ2) is 12.5. The Balaban J connectivity index is 0.00000312. The maximum Gasteiger partial charge on any atom is 0.191 e. The molecule has 1 heterocycles. The summed E-state index contributed by atoms with van der Waals surface area (Å²) < 4.78 is 11.4. The Morgan fingerprint density at radius 3 is 2.64 bits per heavy atom. The van der Waals surface area contributed by atoms with Crippen LogP contribution < -0.4 is 10.6 Å². The van der Waals surface area contributed by atoms with Gasteiger partial charge in [0, 0.05) is 33.4 Å². The van der Waals surface area contributed by atoms with Crippen LogP contribution in [0.2, 0.25) is 0 Å². The molecule has 1 saturated heterocycles. The van der Waals surface area contributed by atoms with Crippen molar-refractivity contribution in [3.05, 3.63) is 35.4 Å². The van der Waals surface area contributed by atoms with Crippen LogP contribution in [0.5, 0.6) is 0 Å². The van der Waals surface area contributed by atoms with Crippen LogP contribution in [0.1, 0.15) is 37.8 Å². The van der Waals surface area contributed by atoms with Gasteiger partial charge in [-0.15, -0.1) is 24.0 Å². The lowest BCUT2D eigenvalue weighted by Crippen LogP contribution is -2.38. The monoisotopic (exact) mass is 461 g/mol. The number of rotatable bonds is 7. The molecule has 0 saturated carbocycles. The summed E-state index contributed by atoms with van der Waals surface area (Å²) in [6, 6.07) is 8.53. The molecule has 0 unspecified atom stereocenters. The second-order valence-corrected chi connectivity index (χ2v) is 6.64. The molecule has 1 aromatic rings. The van der Waals surface area contributed by atoms with Gasteiger partial charge in [0.05, 0.1) is 12.7 Å². The van der Waals surface area contributed by atoms with Gasteiger partial charge in [-0.05, 0) is 29.9 Å². The third-order valence-electron chi connectivity index (χ3n) is 4.01. The molecule has 6 heteroatoms. The molecule has 0 radical (unpaired) electrons. The molecule has 25 heavy (non-hydrogen) atoms. The number of nitrogens with one attached hydrogen (secondary N) is 2. The molecule has 0 aliphatic carbocycles. The average molecular weight is 461 g/mol. The number of benzene rings is 1. The smallest absolute Gasteiger partial charge is 0.191 e. The molecule has 0 spiro atoms. The van der Waals surface area contributed by atoms with Crippen LogP contribution in [-0.4, -0.2) is 38.9 Å². The highest BCUT2D eigenvalue weighted by Crippen LogP contribution is 2.14. The van der Waals surface area contributed by atoms with Gasteiger partial charge >= 0.3 is 0 Å². The van der Waals surface area contributed by atoms with E-state index in [1.54, 1.807) is 7.05 Å². The lowest BCUT2D eigenvalue weighted by molar-refractivity contribution is -0.0390. The Morgan fingerprint density at radius 1 is 1.24 bits per heavy atom. The van der Waals surface area contributed by atoms with E-state index in [4.69, 9.17) is 9.47 Å². The van der Waals surface area contributed by atoms with Crippen molar-refractivity contribution in [1.29, 1.82) is 0 Å². The summed E-state index contributed by atoms with van der Waals surface area (Å²) in [4.78, 5) is 4.25. The first-order chi connectivity index (χ1) is 11.7. The van der Waals surface area contributed by atoms with E-state index >= 15 is 0 Å². The SMILES string of the molecule is CN=C(NCc1cccc(COC2CCOCC2)c1)NCC(C)C.I. The first-order valence-electron chi connectivity index (χ1n) is 8.89. The molecule has 0 amide bonds. The van der Waals surface area contributed by atoms with E-state index < -0.39 is 0 Å². The summed E-state index contributed by atoms with van der Waals surface area (Å²) in [7, 11) is 1.80. The quantitative estimate of drug-likeness (QED) is 0.372. The molecular formula is C19H32IN3O2. The molecular weight excluding hydrogens is 429 g/mol. The number of guanidine groups is 1. The fraction of sp³-hybridized carbons (Fsp3) is 0.632. The first kappa shape index (κ1) is 22.2. The number of hydrogen-bond donors (Lipinski definition) is 2. The second-order valence-electron chi connectivity index (χ2n) is 6.64. The summed E-state index contributed by atoms with van der Waals surface area (Å²) in [6.07, 6.45) is 2.33. The summed E-state index contributed by atoms with van der Waals surface area (Å²) in [6.45, 7) is 8.33. The third kappa shape index (κ3) is 8.87. The van der Waals surface area contributed by atoms with Crippen LogP contribution in [0.25, 0.3) is 0 Å². The molecule has 1 fully saturated rings. The van der Waals surface area contributed by atoms with E-state index in [1.165, 1.54) is 11.1 Å². The molecule has 1 aliphatic rings. The topological polar surface area (TPSA) is 54.9 Å². The van der Waals surface area contributed by atoms with E-state index in [0.29, 0.717) is 18.6 Å². The predicted molar refractivity (Wildman–Crippen MR) is 114 cm³/mol.